The minimum atomic E-state index is -0.279. The molecular weight excluding hydrogens is 332 g/mol. The molecule has 1 aliphatic carbocycles. The van der Waals surface area contributed by atoms with Gasteiger partial charge in [0.15, 0.2) is 5.65 Å². The molecule has 2 fully saturated rings. The van der Waals surface area contributed by atoms with E-state index < -0.39 is 0 Å². The predicted molar refractivity (Wildman–Crippen MR) is 96.5 cm³/mol. The molecule has 2 aromatic heterocycles. The number of hydrogen-bond acceptors (Lipinski definition) is 5. The van der Waals surface area contributed by atoms with E-state index >= 15 is 0 Å². The maximum absolute atomic E-state index is 11.6. The third-order valence-corrected chi connectivity index (χ3v) is 5.59. The molecular formula is C18H22N6O2. The molecule has 2 amide bonds. The van der Waals surface area contributed by atoms with Crippen molar-refractivity contribution in [3.63, 3.8) is 0 Å². The van der Waals surface area contributed by atoms with Gasteiger partial charge >= 0.3 is 6.03 Å². The molecule has 1 saturated heterocycles. The summed E-state index contributed by atoms with van der Waals surface area (Å²) >= 11 is 0. The van der Waals surface area contributed by atoms with Crippen molar-refractivity contribution in [2.75, 3.05) is 31.3 Å². The number of nitrogens with one attached hydrogen (secondary N) is 2. The van der Waals surface area contributed by atoms with E-state index in [1.54, 1.807) is 12.4 Å². The molecule has 8 nitrogen and oxygen atoms in total. The number of carbonyl (C=O) groups is 1. The lowest BCUT2D eigenvalue weighted by Crippen LogP contribution is -2.37. The Kier molecular flexibility index (Phi) is 3.77. The van der Waals surface area contributed by atoms with E-state index in [0.717, 1.165) is 47.5 Å². The number of amides is 2. The van der Waals surface area contributed by atoms with Gasteiger partial charge in [0.05, 0.1) is 18.0 Å². The lowest BCUT2D eigenvalue weighted by molar-refractivity contribution is 0.146. The van der Waals surface area contributed by atoms with Crippen LogP contribution in [0.25, 0.3) is 11.2 Å². The topological polar surface area (TPSA) is 83.8 Å². The highest BCUT2D eigenvalue weighted by atomic mass is 16.5. The molecule has 136 valence electrons. The molecule has 0 radical (unpaired) electrons. The van der Waals surface area contributed by atoms with Crippen LogP contribution in [0.5, 0.6) is 0 Å². The summed E-state index contributed by atoms with van der Waals surface area (Å²) in [4.78, 5) is 18.6. The molecule has 2 aromatic rings. The Hall–Kier alpha value is -2.61. The number of anilines is 1. The van der Waals surface area contributed by atoms with Gasteiger partial charge in [-0.2, -0.15) is 5.10 Å². The van der Waals surface area contributed by atoms with Gasteiger partial charge in [-0.05, 0) is 37.2 Å². The van der Waals surface area contributed by atoms with Gasteiger partial charge in [-0.1, -0.05) is 0 Å². The summed E-state index contributed by atoms with van der Waals surface area (Å²) in [6.45, 7) is 2.72. The highest BCUT2D eigenvalue weighted by molar-refractivity contribution is 5.79. The normalized spacial score (nSPS) is 28.1. The first-order valence-corrected chi connectivity index (χ1v) is 9.17. The highest BCUT2D eigenvalue weighted by Gasteiger charge is 2.34. The maximum atomic E-state index is 11.6. The van der Waals surface area contributed by atoms with Crippen molar-refractivity contribution in [1.29, 1.82) is 0 Å². The fraction of sp³-hybridized carbons (Fsp3) is 0.500. The Balaban J connectivity index is 1.55. The number of hydrogen-bond donors (Lipinski definition) is 2. The van der Waals surface area contributed by atoms with E-state index in [0.29, 0.717) is 6.61 Å². The SMILES string of the molecule is O=C1N/C=C(/c2cc(N3CC4CCC(C4)C3)c3nccn3n2)COCN1. The van der Waals surface area contributed by atoms with Crippen molar-refractivity contribution in [1.82, 2.24) is 25.2 Å². The van der Waals surface area contributed by atoms with Crippen LogP contribution >= 0.6 is 0 Å². The number of ether oxygens (including phenoxy) is 1. The molecule has 0 aromatic carbocycles. The van der Waals surface area contributed by atoms with E-state index in [9.17, 15) is 4.79 Å². The number of fused-ring (bicyclic) bond motifs is 3. The Labute approximate surface area is 151 Å². The number of urea groups is 1. The first-order chi connectivity index (χ1) is 12.8. The van der Waals surface area contributed by atoms with Crippen LogP contribution < -0.4 is 15.5 Å². The van der Waals surface area contributed by atoms with Crippen molar-refractivity contribution < 1.29 is 9.53 Å². The summed E-state index contributed by atoms with van der Waals surface area (Å²) < 4.78 is 7.34. The van der Waals surface area contributed by atoms with Crippen molar-refractivity contribution in [3.05, 3.63) is 30.4 Å². The zero-order chi connectivity index (χ0) is 17.5. The molecule has 3 aliphatic rings. The minimum absolute atomic E-state index is 0.179. The first kappa shape index (κ1) is 15.6. The molecule has 8 heteroatoms. The smallest absolute Gasteiger partial charge is 0.320 e. The summed E-state index contributed by atoms with van der Waals surface area (Å²) in [6.07, 6.45) is 9.35. The van der Waals surface area contributed by atoms with Gasteiger partial charge < -0.3 is 20.3 Å². The van der Waals surface area contributed by atoms with Gasteiger partial charge in [0, 0.05) is 37.3 Å². The average Bonchev–Trinajstić information content (AvgIpc) is 3.23. The molecule has 2 aliphatic heterocycles. The van der Waals surface area contributed by atoms with E-state index in [1.807, 2.05) is 10.7 Å². The number of aromatic nitrogens is 3. The summed E-state index contributed by atoms with van der Waals surface area (Å²) in [5, 5.41) is 10.0. The van der Waals surface area contributed by atoms with Gasteiger partial charge in [0.25, 0.3) is 0 Å². The van der Waals surface area contributed by atoms with Crippen LogP contribution in [-0.2, 0) is 4.74 Å². The number of carbonyl (C=O) groups excluding carboxylic acids is 1. The van der Waals surface area contributed by atoms with Crippen molar-refractivity contribution >= 4 is 22.9 Å². The van der Waals surface area contributed by atoms with Gasteiger partial charge in [-0.25, -0.2) is 14.3 Å². The summed E-state index contributed by atoms with van der Waals surface area (Å²) in [5.41, 5.74) is 3.64. The molecule has 26 heavy (non-hydrogen) atoms. The lowest BCUT2D eigenvalue weighted by Gasteiger charge is -2.33. The van der Waals surface area contributed by atoms with E-state index in [2.05, 4.69) is 31.7 Å². The molecule has 2 N–H and O–H groups in total. The Morgan fingerprint density at radius 2 is 2.08 bits per heavy atom. The minimum Gasteiger partial charge on any atom is -0.368 e. The zero-order valence-corrected chi connectivity index (χ0v) is 14.5. The van der Waals surface area contributed by atoms with Crippen LogP contribution in [0.4, 0.5) is 10.5 Å². The van der Waals surface area contributed by atoms with Crippen LogP contribution in [-0.4, -0.2) is 47.1 Å². The van der Waals surface area contributed by atoms with Crippen molar-refractivity contribution in [3.8, 4) is 0 Å². The number of piperidine rings is 1. The molecule has 5 rings (SSSR count). The van der Waals surface area contributed by atoms with Crippen molar-refractivity contribution in [2.24, 2.45) is 11.8 Å². The van der Waals surface area contributed by atoms with Crippen LogP contribution in [0.2, 0.25) is 0 Å². The van der Waals surface area contributed by atoms with Crippen molar-refractivity contribution in [2.45, 2.75) is 19.3 Å². The van der Waals surface area contributed by atoms with Gasteiger partial charge in [-0.15, -0.1) is 0 Å². The Morgan fingerprint density at radius 1 is 1.23 bits per heavy atom. The summed E-state index contributed by atoms with van der Waals surface area (Å²) in [5.74, 6) is 1.57. The highest BCUT2D eigenvalue weighted by Crippen LogP contribution is 2.39. The largest absolute Gasteiger partial charge is 0.368 e. The van der Waals surface area contributed by atoms with Crippen LogP contribution in [0.1, 0.15) is 25.0 Å². The Morgan fingerprint density at radius 3 is 2.92 bits per heavy atom. The average molecular weight is 354 g/mol. The van der Waals surface area contributed by atoms with E-state index in [1.165, 1.54) is 19.3 Å². The number of rotatable bonds is 2. The zero-order valence-electron chi connectivity index (χ0n) is 14.5. The molecule has 2 bridgehead atoms. The first-order valence-electron chi connectivity index (χ1n) is 9.17. The van der Waals surface area contributed by atoms with E-state index in [4.69, 9.17) is 4.74 Å². The number of nitrogens with zero attached hydrogens (tertiary/aromatic N) is 4. The maximum Gasteiger partial charge on any atom is 0.320 e. The molecule has 2 unspecified atom stereocenters. The fourth-order valence-electron chi connectivity index (χ4n) is 4.37. The van der Waals surface area contributed by atoms with Gasteiger partial charge in [-0.3, -0.25) is 0 Å². The van der Waals surface area contributed by atoms with Crippen LogP contribution in [0.3, 0.4) is 0 Å². The van der Waals surface area contributed by atoms with Gasteiger partial charge in [0.2, 0.25) is 0 Å². The molecule has 2 atom stereocenters. The summed E-state index contributed by atoms with van der Waals surface area (Å²) in [6, 6.07) is 1.81. The standard InChI is InChI=1S/C18H22N6O2/c25-18-20-7-14(10-26-11-21-18)15-6-16(17-19-3-4-24(17)22-15)23-8-12-1-2-13(5-12)9-23/h3-4,6-7,12-13H,1-2,5,8-11H2,(H2,20,21,25)/b14-7+. The van der Waals surface area contributed by atoms with Crippen LogP contribution in [0, 0.1) is 11.8 Å². The lowest BCUT2D eigenvalue weighted by atomic mass is 9.98. The fourth-order valence-corrected chi connectivity index (χ4v) is 4.37. The number of imidazole rings is 1. The second-order valence-corrected chi connectivity index (χ2v) is 7.37. The predicted octanol–water partition coefficient (Wildman–Crippen LogP) is 1.59. The molecule has 4 heterocycles. The monoisotopic (exact) mass is 354 g/mol. The van der Waals surface area contributed by atoms with Crippen LogP contribution in [0.15, 0.2) is 24.7 Å². The quantitative estimate of drug-likeness (QED) is 0.856. The Bertz CT molecular complexity index is 864. The van der Waals surface area contributed by atoms with Gasteiger partial charge in [0.1, 0.15) is 6.73 Å². The van der Waals surface area contributed by atoms with E-state index in [-0.39, 0.29) is 12.8 Å². The second-order valence-electron chi connectivity index (χ2n) is 7.37. The third kappa shape index (κ3) is 2.80. The second kappa shape index (κ2) is 6.28. The third-order valence-electron chi connectivity index (χ3n) is 5.59. The molecule has 1 saturated carbocycles. The molecule has 0 spiro atoms. The summed E-state index contributed by atoms with van der Waals surface area (Å²) in [7, 11) is 0.